The zero-order valence-corrected chi connectivity index (χ0v) is 14.4. The van der Waals surface area contributed by atoms with E-state index in [0.29, 0.717) is 0 Å². The molecule has 3 rings (SSSR count). The van der Waals surface area contributed by atoms with Crippen molar-refractivity contribution in [3.8, 4) is 0 Å². The summed E-state index contributed by atoms with van der Waals surface area (Å²) in [5, 5.41) is 13.0. The van der Waals surface area contributed by atoms with Crippen molar-refractivity contribution in [2.45, 2.75) is 63.3 Å². The fraction of sp³-hybridized carbons (Fsp3) is 0.579. The molecule has 1 saturated heterocycles. The highest BCUT2D eigenvalue weighted by Gasteiger charge is 2.40. The van der Waals surface area contributed by atoms with Crippen LogP contribution in [0.15, 0.2) is 30.3 Å². The van der Waals surface area contributed by atoms with Gasteiger partial charge < -0.3 is 15.2 Å². The monoisotopic (exact) mass is 346 g/mol. The summed E-state index contributed by atoms with van der Waals surface area (Å²) in [6, 6.07) is 8.93. The number of hydrogen-bond donors (Lipinski definition) is 2. The Balaban J connectivity index is 1.56. The molecule has 2 N–H and O–H groups in total. The van der Waals surface area contributed by atoms with E-state index in [2.05, 4.69) is 5.32 Å². The summed E-state index contributed by atoms with van der Waals surface area (Å²) in [5.74, 6) is -0.180. The second kappa shape index (κ2) is 8.34. The average molecular weight is 346 g/mol. The maximum Gasteiger partial charge on any atom is 0.410 e. The fourth-order valence-corrected chi connectivity index (χ4v) is 3.61. The van der Waals surface area contributed by atoms with Crippen LogP contribution in [0.3, 0.4) is 0 Å². The molecular formula is C19H26N2O4. The van der Waals surface area contributed by atoms with Crippen molar-refractivity contribution in [3.05, 3.63) is 35.9 Å². The minimum absolute atomic E-state index is 0.135. The first-order valence-electron chi connectivity index (χ1n) is 9.09. The number of nitrogens with one attached hydrogen (secondary N) is 1. The predicted molar refractivity (Wildman–Crippen MR) is 92.8 cm³/mol. The molecule has 0 radical (unpaired) electrons. The molecule has 25 heavy (non-hydrogen) atoms. The lowest BCUT2D eigenvalue weighted by Crippen LogP contribution is -2.49. The van der Waals surface area contributed by atoms with E-state index >= 15 is 0 Å². The van der Waals surface area contributed by atoms with Crippen molar-refractivity contribution in [1.82, 2.24) is 10.2 Å². The Bertz CT molecular complexity index is 586. The summed E-state index contributed by atoms with van der Waals surface area (Å²) in [4.78, 5) is 26.3. The first kappa shape index (κ1) is 17.7. The smallest absolute Gasteiger partial charge is 0.410 e. The van der Waals surface area contributed by atoms with Gasteiger partial charge in [-0.2, -0.15) is 0 Å². The van der Waals surface area contributed by atoms with Crippen LogP contribution in [0.1, 0.15) is 44.1 Å². The first-order valence-corrected chi connectivity index (χ1v) is 9.09. The van der Waals surface area contributed by atoms with Crippen LogP contribution in [-0.4, -0.2) is 46.7 Å². The normalized spacial score (nSPS) is 24.1. The van der Waals surface area contributed by atoms with E-state index in [-0.39, 0.29) is 31.5 Å². The number of nitrogens with zero attached hydrogens (tertiary/aromatic N) is 1. The number of hydrogen-bond acceptors (Lipinski definition) is 4. The van der Waals surface area contributed by atoms with Crippen molar-refractivity contribution in [2.24, 2.45) is 0 Å². The van der Waals surface area contributed by atoms with E-state index < -0.39 is 18.2 Å². The van der Waals surface area contributed by atoms with Crippen LogP contribution in [-0.2, 0) is 16.1 Å². The molecule has 0 aromatic heterocycles. The molecule has 1 aliphatic heterocycles. The highest BCUT2D eigenvalue weighted by Crippen LogP contribution is 2.22. The lowest BCUT2D eigenvalue weighted by molar-refractivity contribution is -0.126. The van der Waals surface area contributed by atoms with E-state index in [9.17, 15) is 14.7 Å². The summed E-state index contributed by atoms with van der Waals surface area (Å²) in [5.41, 5.74) is 0.888. The molecule has 6 nitrogen and oxygen atoms in total. The zero-order valence-electron chi connectivity index (χ0n) is 14.4. The second-order valence-electron chi connectivity index (χ2n) is 6.94. The molecule has 2 fully saturated rings. The Morgan fingerprint density at radius 3 is 2.60 bits per heavy atom. The van der Waals surface area contributed by atoms with Gasteiger partial charge in [0.15, 0.2) is 0 Å². The number of likely N-dealkylation sites (tertiary alicyclic amines) is 1. The van der Waals surface area contributed by atoms with E-state index in [1.165, 1.54) is 11.3 Å². The largest absolute Gasteiger partial charge is 0.445 e. The third-order valence-corrected chi connectivity index (χ3v) is 4.97. The van der Waals surface area contributed by atoms with Crippen LogP contribution < -0.4 is 5.32 Å². The minimum Gasteiger partial charge on any atom is -0.445 e. The Morgan fingerprint density at radius 2 is 1.88 bits per heavy atom. The van der Waals surface area contributed by atoms with Crippen LogP contribution in [0, 0.1) is 0 Å². The van der Waals surface area contributed by atoms with Crippen molar-refractivity contribution >= 4 is 12.0 Å². The van der Waals surface area contributed by atoms with Crippen molar-refractivity contribution in [2.75, 3.05) is 6.54 Å². The van der Waals surface area contributed by atoms with Crippen molar-refractivity contribution in [1.29, 1.82) is 0 Å². The van der Waals surface area contributed by atoms with Gasteiger partial charge in [-0.25, -0.2) is 4.79 Å². The van der Waals surface area contributed by atoms with Crippen LogP contribution in [0.5, 0.6) is 0 Å². The molecule has 2 amide bonds. The summed E-state index contributed by atoms with van der Waals surface area (Å²) in [7, 11) is 0. The second-order valence-corrected chi connectivity index (χ2v) is 6.94. The molecule has 6 heteroatoms. The molecule has 136 valence electrons. The number of amides is 2. The van der Waals surface area contributed by atoms with Gasteiger partial charge in [-0.15, -0.1) is 0 Å². The summed E-state index contributed by atoms with van der Waals surface area (Å²) >= 11 is 0. The van der Waals surface area contributed by atoms with Gasteiger partial charge in [0.1, 0.15) is 12.6 Å². The van der Waals surface area contributed by atoms with Gasteiger partial charge in [-0.05, 0) is 18.4 Å². The van der Waals surface area contributed by atoms with Gasteiger partial charge in [-0.3, -0.25) is 9.69 Å². The topological polar surface area (TPSA) is 78.9 Å². The van der Waals surface area contributed by atoms with Gasteiger partial charge in [0.25, 0.3) is 0 Å². The Morgan fingerprint density at radius 1 is 1.16 bits per heavy atom. The quantitative estimate of drug-likeness (QED) is 0.876. The summed E-state index contributed by atoms with van der Waals surface area (Å²) in [6.45, 7) is 0.291. The molecule has 2 atom stereocenters. The molecule has 2 aliphatic rings. The molecule has 0 unspecified atom stereocenters. The van der Waals surface area contributed by atoms with Gasteiger partial charge >= 0.3 is 6.09 Å². The molecule has 1 aromatic rings. The molecule has 1 saturated carbocycles. The molecular weight excluding hydrogens is 320 g/mol. The average Bonchev–Trinajstić information content (AvgIpc) is 3.03. The summed E-state index contributed by atoms with van der Waals surface area (Å²) < 4.78 is 5.33. The Labute approximate surface area is 148 Å². The first-order chi connectivity index (χ1) is 12.1. The van der Waals surface area contributed by atoms with Crippen molar-refractivity contribution < 1.29 is 19.4 Å². The standard InChI is InChI=1S/C19H26N2O4/c22-16-11-17(18(23)20-15-9-5-2-6-10-15)21(12-16)19(24)25-13-14-7-3-1-4-8-14/h1,3-4,7-8,15-17,22H,2,5-6,9-13H2,(H,20,23)/t16-,17+/m0/s1. The highest BCUT2D eigenvalue weighted by atomic mass is 16.6. The van der Waals surface area contributed by atoms with Crippen LogP contribution >= 0.6 is 0 Å². The van der Waals surface area contributed by atoms with E-state index in [1.54, 1.807) is 0 Å². The van der Waals surface area contributed by atoms with E-state index in [4.69, 9.17) is 4.74 Å². The SMILES string of the molecule is O=C(NC1CCCCC1)[C@H]1C[C@H](O)CN1C(=O)OCc1ccccc1. The molecule has 0 bridgehead atoms. The molecule has 1 aliphatic carbocycles. The number of rotatable bonds is 4. The minimum atomic E-state index is -0.689. The van der Waals surface area contributed by atoms with Gasteiger partial charge in [0, 0.05) is 12.5 Å². The Kier molecular flexibility index (Phi) is 5.91. The highest BCUT2D eigenvalue weighted by molar-refractivity contribution is 5.86. The molecule has 0 spiro atoms. The van der Waals surface area contributed by atoms with E-state index in [1.807, 2.05) is 30.3 Å². The van der Waals surface area contributed by atoms with E-state index in [0.717, 1.165) is 31.2 Å². The molecule has 1 aromatic carbocycles. The number of β-amino-alcohol motifs (C(OH)–C–C–N with tert-alkyl or cyclic N) is 1. The third kappa shape index (κ3) is 4.72. The lowest BCUT2D eigenvalue weighted by atomic mass is 9.95. The van der Waals surface area contributed by atoms with Crippen LogP contribution in [0.4, 0.5) is 4.79 Å². The predicted octanol–water partition coefficient (Wildman–Crippen LogP) is 2.21. The fourth-order valence-electron chi connectivity index (χ4n) is 3.61. The number of aliphatic hydroxyl groups is 1. The number of carbonyl (C=O) groups excluding carboxylic acids is 2. The van der Waals surface area contributed by atoms with Gasteiger partial charge in [0.2, 0.25) is 5.91 Å². The number of aliphatic hydroxyl groups excluding tert-OH is 1. The van der Waals surface area contributed by atoms with Crippen LogP contribution in [0.2, 0.25) is 0 Å². The maximum absolute atomic E-state index is 12.6. The molecule has 1 heterocycles. The van der Waals surface area contributed by atoms with Gasteiger partial charge in [0.05, 0.1) is 12.6 Å². The zero-order chi connectivity index (χ0) is 17.6. The maximum atomic E-state index is 12.6. The Hall–Kier alpha value is -2.08. The van der Waals surface area contributed by atoms with Crippen molar-refractivity contribution in [3.63, 3.8) is 0 Å². The number of ether oxygens (including phenoxy) is 1. The number of benzene rings is 1. The third-order valence-electron chi connectivity index (χ3n) is 4.97. The lowest BCUT2D eigenvalue weighted by Gasteiger charge is -2.27. The van der Waals surface area contributed by atoms with Crippen LogP contribution in [0.25, 0.3) is 0 Å². The summed E-state index contributed by atoms with van der Waals surface area (Å²) in [6.07, 6.45) is 4.46. The van der Waals surface area contributed by atoms with Gasteiger partial charge in [-0.1, -0.05) is 49.6 Å². The number of carbonyl (C=O) groups is 2.